The van der Waals surface area contributed by atoms with Crippen molar-refractivity contribution in [1.29, 1.82) is 0 Å². The lowest BCUT2D eigenvalue weighted by Gasteiger charge is -2.35. The summed E-state index contributed by atoms with van der Waals surface area (Å²) in [5.41, 5.74) is 10.8. The van der Waals surface area contributed by atoms with E-state index >= 15 is 0 Å². The number of nitrogens with two attached hydrogens (primary N) is 1. The first-order chi connectivity index (χ1) is 17.4. The number of para-hydroxylation sites is 1. The molecule has 36 heavy (non-hydrogen) atoms. The third-order valence-corrected chi connectivity index (χ3v) is 6.60. The molecule has 4 rings (SSSR count). The summed E-state index contributed by atoms with van der Waals surface area (Å²) in [4.78, 5) is 20.8. The molecule has 0 bridgehead atoms. The highest BCUT2D eigenvalue weighted by atomic mass is 19.1. The van der Waals surface area contributed by atoms with Gasteiger partial charge >= 0.3 is 0 Å². The molecule has 1 unspecified atom stereocenters. The number of carbonyl (C=O) groups is 1. The Bertz CT molecular complexity index is 1340. The molecule has 0 saturated carbocycles. The fourth-order valence-corrected chi connectivity index (χ4v) is 4.73. The van der Waals surface area contributed by atoms with Crippen molar-refractivity contribution >= 4 is 16.8 Å². The molecule has 0 radical (unpaired) electrons. The average molecular weight is 484 g/mol. The summed E-state index contributed by atoms with van der Waals surface area (Å²) in [6.45, 7) is 6.83. The second kappa shape index (κ2) is 11.4. The number of pyridine rings is 1. The summed E-state index contributed by atoms with van der Waals surface area (Å²) in [5.74, 6) is -0.513. The molecule has 3 aromatic carbocycles. The number of aryl methyl sites for hydroxylation is 1. The number of aromatic nitrogens is 1. The van der Waals surface area contributed by atoms with Crippen LogP contribution in [0, 0.1) is 18.7 Å². The Kier molecular flexibility index (Phi) is 8.11. The molecule has 4 nitrogen and oxygen atoms in total. The van der Waals surface area contributed by atoms with E-state index < -0.39 is 0 Å². The Balaban J connectivity index is 1.86. The van der Waals surface area contributed by atoms with E-state index in [1.165, 1.54) is 11.6 Å². The lowest BCUT2D eigenvalue weighted by atomic mass is 9.90. The third kappa shape index (κ3) is 5.63. The zero-order valence-electron chi connectivity index (χ0n) is 21.2. The molecule has 1 aromatic heterocycles. The third-order valence-electron chi connectivity index (χ3n) is 6.60. The zero-order chi connectivity index (χ0) is 25.7. The van der Waals surface area contributed by atoms with Gasteiger partial charge in [-0.15, -0.1) is 0 Å². The SMILES string of the molecule is Cc1ccc(C(=O)N(CCCN)C(c2nc3ccccc3cc2Cc2ccccc2)C(C)C)cc1F. The molecule has 2 N–H and O–H groups in total. The van der Waals surface area contributed by atoms with Crippen molar-refractivity contribution in [2.45, 2.75) is 39.7 Å². The van der Waals surface area contributed by atoms with Crippen LogP contribution in [0.3, 0.4) is 0 Å². The van der Waals surface area contributed by atoms with Crippen LogP contribution in [0.1, 0.15) is 59.1 Å². The molecule has 0 saturated heterocycles. The molecular weight excluding hydrogens is 449 g/mol. The Morgan fingerprint density at radius 3 is 2.42 bits per heavy atom. The van der Waals surface area contributed by atoms with E-state index in [2.05, 4.69) is 38.1 Å². The maximum atomic E-state index is 14.4. The molecule has 0 spiro atoms. The molecular formula is C31H34FN3O. The van der Waals surface area contributed by atoms with E-state index in [1.807, 2.05) is 41.3 Å². The van der Waals surface area contributed by atoms with Crippen LogP contribution in [-0.4, -0.2) is 28.9 Å². The van der Waals surface area contributed by atoms with Gasteiger partial charge < -0.3 is 10.6 Å². The van der Waals surface area contributed by atoms with E-state index in [9.17, 15) is 9.18 Å². The minimum atomic E-state index is -0.380. The van der Waals surface area contributed by atoms with Crippen LogP contribution in [0.4, 0.5) is 4.39 Å². The average Bonchev–Trinajstić information content (AvgIpc) is 2.88. The Labute approximate surface area is 213 Å². The van der Waals surface area contributed by atoms with Crippen molar-refractivity contribution in [1.82, 2.24) is 9.88 Å². The Morgan fingerprint density at radius 1 is 1.00 bits per heavy atom. The van der Waals surface area contributed by atoms with Gasteiger partial charge in [-0.1, -0.05) is 68.4 Å². The standard InChI is InChI=1S/C31H34FN3O/c1-21(2)30(35(17-9-16-33)31(36)25-15-14-22(3)27(32)20-25)29-26(18-23-10-5-4-6-11-23)19-24-12-7-8-13-28(24)34-29/h4-8,10-15,19-21,30H,9,16-18,33H2,1-3H3. The summed E-state index contributed by atoms with van der Waals surface area (Å²) in [5, 5.41) is 1.06. The van der Waals surface area contributed by atoms with Gasteiger partial charge in [0.25, 0.3) is 5.91 Å². The number of halogens is 1. The lowest BCUT2D eigenvalue weighted by molar-refractivity contribution is 0.0614. The zero-order valence-corrected chi connectivity index (χ0v) is 21.2. The smallest absolute Gasteiger partial charge is 0.254 e. The molecule has 0 aliphatic rings. The second-order valence-electron chi connectivity index (χ2n) is 9.68. The van der Waals surface area contributed by atoms with Crippen molar-refractivity contribution in [2.75, 3.05) is 13.1 Å². The van der Waals surface area contributed by atoms with Crippen LogP contribution in [0.15, 0.2) is 78.9 Å². The number of rotatable bonds is 9. The number of hydrogen-bond acceptors (Lipinski definition) is 3. The van der Waals surface area contributed by atoms with Gasteiger partial charge in [0.2, 0.25) is 0 Å². The van der Waals surface area contributed by atoms with Crippen molar-refractivity contribution in [3.63, 3.8) is 0 Å². The van der Waals surface area contributed by atoms with E-state index in [1.54, 1.807) is 19.1 Å². The summed E-state index contributed by atoms with van der Waals surface area (Å²) < 4.78 is 14.4. The fourth-order valence-electron chi connectivity index (χ4n) is 4.73. The first-order valence-corrected chi connectivity index (χ1v) is 12.6. The van der Waals surface area contributed by atoms with Crippen molar-refractivity contribution < 1.29 is 9.18 Å². The number of carbonyl (C=O) groups excluding carboxylic acids is 1. The van der Waals surface area contributed by atoms with Gasteiger partial charge in [-0.05, 0) is 73.2 Å². The molecule has 0 aliphatic carbocycles. The van der Waals surface area contributed by atoms with Gasteiger partial charge in [-0.25, -0.2) is 4.39 Å². The molecule has 0 fully saturated rings. The summed E-state index contributed by atoms with van der Waals surface area (Å²) >= 11 is 0. The van der Waals surface area contributed by atoms with Gasteiger partial charge in [-0.3, -0.25) is 9.78 Å². The van der Waals surface area contributed by atoms with E-state index in [0.717, 1.165) is 22.2 Å². The first-order valence-electron chi connectivity index (χ1n) is 12.6. The van der Waals surface area contributed by atoms with Crippen LogP contribution in [0.25, 0.3) is 10.9 Å². The number of benzene rings is 3. The van der Waals surface area contributed by atoms with E-state index in [0.29, 0.717) is 37.1 Å². The highest BCUT2D eigenvalue weighted by molar-refractivity contribution is 5.94. The summed E-state index contributed by atoms with van der Waals surface area (Å²) in [6.07, 6.45) is 1.35. The first kappa shape index (κ1) is 25.5. The lowest BCUT2D eigenvalue weighted by Crippen LogP contribution is -2.40. The van der Waals surface area contributed by atoms with Gasteiger partial charge in [0.1, 0.15) is 5.82 Å². The van der Waals surface area contributed by atoms with Gasteiger partial charge in [-0.2, -0.15) is 0 Å². The van der Waals surface area contributed by atoms with Crippen LogP contribution >= 0.6 is 0 Å². The fraction of sp³-hybridized carbons (Fsp3) is 0.290. The highest BCUT2D eigenvalue weighted by Crippen LogP contribution is 2.34. The van der Waals surface area contributed by atoms with Crippen molar-refractivity contribution in [3.8, 4) is 0 Å². The maximum Gasteiger partial charge on any atom is 0.254 e. The number of amides is 1. The maximum absolute atomic E-state index is 14.4. The number of nitrogens with zero attached hydrogens (tertiary/aromatic N) is 2. The molecule has 186 valence electrons. The number of hydrogen-bond donors (Lipinski definition) is 1. The molecule has 1 amide bonds. The summed E-state index contributed by atoms with van der Waals surface area (Å²) in [7, 11) is 0. The van der Waals surface area contributed by atoms with E-state index in [-0.39, 0.29) is 23.7 Å². The summed E-state index contributed by atoms with van der Waals surface area (Å²) in [6, 6.07) is 24.9. The van der Waals surface area contributed by atoms with Gasteiger partial charge in [0.15, 0.2) is 0 Å². The predicted octanol–water partition coefficient (Wildman–Crippen LogP) is 6.46. The van der Waals surface area contributed by atoms with Crippen LogP contribution in [0.5, 0.6) is 0 Å². The molecule has 1 atom stereocenters. The minimum Gasteiger partial charge on any atom is -0.330 e. The molecule has 1 heterocycles. The van der Waals surface area contributed by atoms with Crippen LogP contribution < -0.4 is 5.73 Å². The second-order valence-corrected chi connectivity index (χ2v) is 9.68. The highest BCUT2D eigenvalue weighted by Gasteiger charge is 2.31. The van der Waals surface area contributed by atoms with Crippen LogP contribution in [0.2, 0.25) is 0 Å². The molecule has 4 aromatic rings. The minimum absolute atomic E-state index is 0.0743. The Hall–Kier alpha value is -3.57. The predicted molar refractivity (Wildman–Crippen MR) is 144 cm³/mol. The normalized spacial score (nSPS) is 12.2. The Morgan fingerprint density at radius 2 is 1.72 bits per heavy atom. The van der Waals surface area contributed by atoms with Crippen molar-refractivity contribution in [2.24, 2.45) is 11.7 Å². The van der Waals surface area contributed by atoms with E-state index in [4.69, 9.17) is 10.7 Å². The van der Waals surface area contributed by atoms with Crippen LogP contribution in [-0.2, 0) is 6.42 Å². The quantitative estimate of drug-likeness (QED) is 0.297. The van der Waals surface area contributed by atoms with Crippen molar-refractivity contribution in [3.05, 3.63) is 113 Å². The largest absolute Gasteiger partial charge is 0.330 e. The van der Waals surface area contributed by atoms with Gasteiger partial charge in [0.05, 0.1) is 17.3 Å². The molecule has 5 heteroatoms. The van der Waals surface area contributed by atoms with Gasteiger partial charge in [0, 0.05) is 17.5 Å². The molecule has 0 aliphatic heterocycles. The monoisotopic (exact) mass is 483 g/mol. The number of fused-ring (bicyclic) bond motifs is 1. The topological polar surface area (TPSA) is 59.2 Å².